The van der Waals surface area contributed by atoms with E-state index in [-0.39, 0.29) is 40.3 Å². The smallest absolute Gasteiger partial charge is 0.0402 e. The van der Waals surface area contributed by atoms with E-state index in [9.17, 15) is 0 Å². The molecular weight excluding hydrogens is 260 g/mol. The van der Waals surface area contributed by atoms with Crippen molar-refractivity contribution in [2.24, 2.45) is 5.41 Å². The molecule has 0 aromatic heterocycles. The Morgan fingerprint density at radius 2 is 1.22 bits per heavy atom. The quantitative estimate of drug-likeness (QED) is 0.529. The topological polar surface area (TPSA) is 40.5 Å². The number of hydrogen-bond acceptors (Lipinski definition) is 2. The molecule has 0 spiro atoms. The summed E-state index contributed by atoms with van der Waals surface area (Å²) in [6, 6.07) is 0. The molecule has 0 heterocycles. The average Bonchev–Trinajstić information content (AvgIpc) is 2.37. The molecule has 0 saturated carbocycles. The van der Waals surface area contributed by atoms with Gasteiger partial charge >= 0.3 is 0 Å². The van der Waals surface area contributed by atoms with Crippen molar-refractivity contribution >= 4 is 0 Å². The summed E-state index contributed by atoms with van der Waals surface area (Å²) < 4.78 is 0. The molecule has 0 amide bonds. The van der Waals surface area contributed by atoms with E-state index in [4.69, 9.17) is 10.2 Å². The van der Waals surface area contributed by atoms with Gasteiger partial charge in [-0.2, -0.15) is 5.57 Å². The van der Waals surface area contributed by atoms with Crippen LogP contribution in [-0.4, -0.2) is 23.4 Å². The van der Waals surface area contributed by atoms with Gasteiger partial charge in [-0.3, -0.25) is 0 Å². The molecule has 0 aromatic carbocycles. The van der Waals surface area contributed by atoms with E-state index in [1.807, 2.05) is 0 Å². The normalized spacial score (nSPS) is 16.3. The summed E-state index contributed by atoms with van der Waals surface area (Å²) in [6.07, 6.45) is 0. The Morgan fingerprint density at radius 1 is 0.944 bits per heavy atom. The van der Waals surface area contributed by atoms with Gasteiger partial charge in [0.05, 0.1) is 0 Å². The summed E-state index contributed by atoms with van der Waals surface area (Å²) in [5, 5.41) is 15.1. The van der Waals surface area contributed by atoms with Crippen LogP contribution >= 0.6 is 0 Å². The van der Waals surface area contributed by atoms with Crippen LogP contribution in [0.5, 0.6) is 0 Å². The van der Waals surface area contributed by atoms with Crippen LogP contribution < -0.4 is 0 Å². The molecule has 2 N–H and O–H groups in total. The van der Waals surface area contributed by atoms with E-state index >= 15 is 0 Å². The Morgan fingerprint density at radius 3 is 1.28 bits per heavy atom. The molecule has 0 bridgehead atoms. The van der Waals surface area contributed by atoms with Crippen molar-refractivity contribution in [2.45, 2.75) is 48.5 Å². The minimum absolute atomic E-state index is 0. The van der Waals surface area contributed by atoms with Crippen molar-refractivity contribution in [1.82, 2.24) is 0 Å². The maximum atomic E-state index is 7.57. The molecule has 106 valence electrons. The Kier molecular flexibility index (Phi) is 13.9. The van der Waals surface area contributed by atoms with Crippen molar-refractivity contribution in [3.05, 3.63) is 29.2 Å². The third kappa shape index (κ3) is 6.24. The molecule has 2 nitrogen and oxygen atoms in total. The van der Waals surface area contributed by atoms with Crippen LogP contribution in [-0.2, 0) is 21.7 Å². The summed E-state index contributed by atoms with van der Waals surface area (Å²) >= 11 is 0. The first-order chi connectivity index (χ1) is 7.72. The van der Waals surface area contributed by atoms with Crippen molar-refractivity contribution in [1.29, 1.82) is 0 Å². The third-order valence-electron chi connectivity index (χ3n) is 3.27. The fourth-order valence-corrected chi connectivity index (χ4v) is 1.67. The summed E-state index contributed by atoms with van der Waals surface area (Å²) in [5.41, 5.74) is 5.77. The second-order valence-corrected chi connectivity index (χ2v) is 4.61. The molecule has 3 heteroatoms. The van der Waals surface area contributed by atoms with Crippen LogP contribution in [0.25, 0.3) is 0 Å². The Bertz CT molecular complexity index is 261. The van der Waals surface area contributed by atoms with Gasteiger partial charge in [-0.25, -0.2) is 12.5 Å². The Balaban J connectivity index is -0.000000276. The average molecular weight is 289 g/mol. The number of aliphatic hydroxyl groups excluding tert-OH is 2. The predicted octanol–water partition coefficient (Wildman–Crippen LogP) is 3.51. The van der Waals surface area contributed by atoms with Crippen LogP contribution in [0, 0.1) is 12.3 Å². The molecule has 0 saturated heterocycles. The van der Waals surface area contributed by atoms with Crippen LogP contribution in [0.15, 0.2) is 22.3 Å². The van der Waals surface area contributed by atoms with Crippen LogP contribution in [0.4, 0.5) is 0 Å². The first-order valence-corrected chi connectivity index (χ1v) is 6.15. The molecule has 0 fully saturated rings. The van der Waals surface area contributed by atoms with Crippen LogP contribution in [0.3, 0.4) is 0 Å². The number of hydrogen-bond donors (Lipinski definition) is 2. The van der Waals surface area contributed by atoms with Crippen molar-refractivity contribution in [3.8, 4) is 0 Å². The Labute approximate surface area is 128 Å². The maximum Gasteiger partial charge on any atom is 0.0402 e. The summed E-state index contributed by atoms with van der Waals surface area (Å²) in [6.45, 7) is 19.0. The summed E-state index contributed by atoms with van der Waals surface area (Å²) in [4.78, 5) is 0. The van der Waals surface area contributed by atoms with Gasteiger partial charge in [-0.1, -0.05) is 26.3 Å². The van der Waals surface area contributed by atoms with Crippen LogP contribution in [0.2, 0.25) is 0 Å². The van der Waals surface area contributed by atoms with E-state index in [1.54, 1.807) is 13.8 Å². The second-order valence-electron chi connectivity index (χ2n) is 4.61. The van der Waals surface area contributed by atoms with E-state index < -0.39 is 0 Å². The van der Waals surface area contributed by atoms with Gasteiger partial charge in [-0.05, 0) is 26.2 Å². The van der Waals surface area contributed by atoms with E-state index in [0.717, 1.165) is 0 Å². The van der Waals surface area contributed by atoms with Gasteiger partial charge in [0.25, 0.3) is 0 Å². The van der Waals surface area contributed by atoms with Crippen LogP contribution in [0.1, 0.15) is 48.5 Å². The molecule has 0 unspecified atom stereocenters. The standard InChI is InChI=1S/C11H17.2C2H6O.Ti/c1-7-8(2)10(4)11(5,6)9(7)3;2*1-2-3;/h3H2,1-2,4-6H3;2*3H,2H2,1H3;/q-1;;;. The van der Waals surface area contributed by atoms with Crippen molar-refractivity contribution < 1.29 is 31.9 Å². The number of rotatable bonds is 0. The minimum atomic E-state index is 0. The zero-order valence-electron chi connectivity index (χ0n) is 13.0. The maximum absolute atomic E-state index is 7.57. The molecule has 0 aliphatic heterocycles. The van der Waals surface area contributed by atoms with Gasteiger partial charge in [0.1, 0.15) is 0 Å². The number of allylic oxidation sites excluding steroid dienone is 4. The predicted molar refractivity (Wildman–Crippen MR) is 75.7 cm³/mol. The van der Waals surface area contributed by atoms with Gasteiger partial charge < -0.3 is 10.2 Å². The minimum Gasteiger partial charge on any atom is -0.397 e. The van der Waals surface area contributed by atoms with Gasteiger partial charge in [0, 0.05) is 34.9 Å². The monoisotopic (exact) mass is 289 g/mol. The summed E-state index contributed by atoms with van der Waals surface area (Å²) in [5.74, 6) is 0. The zero-order chi connectivity index (χ0) is 14.2. The van der Waals surface area contributed by atoms with Gasteiger partial charge in [-0.15, -0.1) is 12.5 Å². The fourth-order valence-electron chi connectivity index (χ4n) is 1.67. The van der Waals surface area contributed by atoms with Gasteiger partial charge in [0.15, 0.2) is 0 Å². The zero-order valence-corrected chi connectivity index (χ0v) is 14.6. The first-order valence-electron chi connectivity index (χ1n) is 6.15. The fraction of sp³-hybridized carbons (Fsp3) is 0.667. The molecule has 1 aliphatic rings. The number of aliphatic hydroxyl groups is 2. The molecule has 0 radical (unpaired) electrons. The largest absolute Gasteiger partial charge is 0.397 e. The second kappa shape index (κ2) is 10.9. The van der Waals surface area contributed by atoms with E-state index in [1.165, 1.54) is 22.3 Å². The first kappa shape index (κ1) is 23.1. The molecule has 18 heavy (non-hydrogen) atoms. The molecule has 1 aliphatic carbocycles. The SMILES string of the molecule is CCO.CCO.[CH2-]C1=C(C)C(C)=C(C)C1(C)C.[Ti]. The van der Waals surface area contributed by atoms with Crippen molar-refractivity contribution in [3.63, 3.8) is 0 Å². The molecule has 0 atom stereocenters. The molecule has 0 aromatic rings. The van der Waals surface area contributed by atoms with E-state index in [2.05, 4.69) is 41.5 Å². The summed E-state index contributed by atoms with van der Waals surface area (Å²) in [7, 11) is 0. The van der Waals surface area contributed by atoms with E-state index in [0.29, 0.717) is 0 Å². The molecule has 1 rings (SSSR count). The third-order valence-corrected chi connectivity index (χ3v) is 3.27. The Hall–Kier alpha value is -0.0157. The van der Waals surface area contributed by atoms with Gasteiger partial charge in [0.2, 0.25) is 0 Å². The van der Waals surface area contributed by atoms with Crippen molar-refractivity contribution in [2.75, 3.05) is 13.2 Å². The molecular formula is C15H29O2Ti-.